The van der Waals surface area contributed by atoms with Crippen molar-refractivity contribution in [3.05, 3.63) is 59.3 Å². The fraction of sp³-hybridized carbons (Fsp3) is 0.300. The van der Waals surface area contributed by atoms with Gasteiger partial charge in [0.05, 0.1) is 18.8 Å². The van der Waals surface area contributed by atoms with E-state index in [0.717, 1.165) is 35.7 Å². The maximum absolute atomic E-state index is 6.01. The molecule has 0 radical (unpaired) electrons. The molecule has 6 nitrogen and oxygen atoms in total. The lowest BCUT2D eigenvalue weighted by Crippen LogP contribution is -2.37. The number of pyridine rings is 1. The number of aliphatic imine (C=N–C) groups is 1. The summed E-state index contributed by atoms with van der Waals surface area (Å²) < 4.78 is 16.9. The van der Waals surface area contributed by atoms with Crippen molar-refractivity contribution in [3.8, 4) is 11.6 Å². The highest BCUT2D eigenvalue weighted by molar-refractivity contribution is 5.76. The lowest BCUT2D eigenvalue weighted by atomic mass is 9.82. The lowest BCUT2D eigenvalue weighted by molar-refractivity contribution is -0.0703. The van der Waals surface area contributed by atoms with Crippen LogP contribution in [0.3, 0.4) is 0 Å². The minimum absolute atomic E-state index is 0.0930. The zero-order valence-electron chi connectivity index (χ0n) is 14.4. The van der Waals surface area contributed by atoms with Gasteiger partial charge < -0.3 is 19.9 Å². The van der Waals surface area contributed by atoms with Gasteiger partial charge in [0.25, 0.3) is 6.02 Å². The van der Waals surface area contributed by atoms with E-state index in [9.17, 15) is 0 Å². The molecule has 2 N–H and O–H groups in total. The summed E-state index contributed by atoms with van der Waals surface area (Å²) in [7, 11) is 0. The number of hydrogen-bond donors (Lipinski definition) is 1. The van der Waals surface area contributed by atoms with Crippen LogP contribution in [-0.2, 0) is 15.0 Å². The van der Waals surface area contributed by atoms with E-state index in [1.807, 2.05) is 30.5 Å². The topological polar surface area (TPSA) is 79.0 Å². The van der Waals surface area contributed by atoms with Gasteiger partial charge in [-0.1, -0.05) is 37.3 Å². The summed E-state index contributed by atoms with van der Waals surface area (Å²) in [4.78, 5) is 9.18. The van der Waals surface area contributed by atoms with Crippen molar-refractivity contribution in [1.82, 2.24) is 4.98 Å². The highest BCUT2D eigenvalue weighted by Crippen LogP contribution is 2.50. The third kappa shape index (κ3) is 2.22. The Morgan fingerprint density at radius 3 is 2.73 bits per heavy atom. The third-order valence-electron chi connectivity index (χ3n) is 5.13. The molecule has 3 aliphatic rings. The minimum Gasteiger partial charge on any atom is -0.462 e. The fourth-order valence-corrected chi connectivity index (χ4v) is 3.61. The van der Waals surface area contributed by atoms with Crippen LogP contribution in [0.15, 0.2) is 47.6 Å². The van der Waals surface area contributed by atoms with E-state index in [1.54, 1.807) is 0 Å². The molecule has 3 aliphatic heterocycles. The van der Waals surface area contributed by atoms with Gasteiger partial charge in [-0.25, -0.2) is 9.98 Å². The van der Waals surface area contributed by atoms with Gasteiger partial charge in [-0.2, -0.15) is 0 Å². The van der Waals surface area contributed by atoms with E-state index in [-0.39, 0.29) is 11.4 Å². The normalized spacial score (nSPS) is 25.0. The van der Waals surface area contributed by atoms with Gasteiger partial charge >= 0.3 is 0 Å². The molecule has 1 saturated heterocycles. The Labute approximate surface area is 151 Å². The second kappa shape index (κ2) is 5.32. The van der Waals surface area contributed by atoms with Crippen LogP contribution >= 0.6 is 0 Å². The SMILES string of the molecule is CC1(C=Cc2cnc3c(c2)[C@]2(COC(N)=N2)c2ccccc2O3)COC1. The first-order valence-corrected chi connectivity index (χ1v) is 8.61. The molecular formula is C20H19N3O3. The van der Waals surface area contributed by atoms with E-state index < -0.39 is 5.54 Å². The van der Waals surface area contributed by atoms with Gasteiger partial charge in [-0.15, -0.1) is 0 Å². The summed E-state index contributed by atoms with van der Waals surface area (Å²) in [5.41, 5.74) is 8.05. The van der Waals surface area contributed by atoms with Crippen molar-refractivity contribution >= 4 is 12.1 Å². The zero-order chi connectivity index (χ0) is 17.8. The number of hydrogen-bond acceptors (Lipinski definition) is 6. The molecule has 26 heavy (non-hydrogen) atoms. The van der Waals surface area contributed by atoms with Gasteiger partial charge in [-0.3, -0.25) is 0 Å². The number of nitrogens with two attached hydrogens (primary N) is 1. The number of rotatable bonds is 2. The van der Waals surface area contributed by atoms with E-state index >= 15 is 0 Å². The molecule has 1 spiro atoms. The summed E-state index contributed by atoms with van der Waals surface area (Å²) in [6, 6.07) is 10.1. The quantitative estimate of drug-likeness (QED) is 0.902. The Morgan fingerprint density at radius 2 is 2.00 bits per heavy atom. The van der Waals surface area contributed by atoms with Crippen molar-refractivity contribution in [2.45, 2.75) is 12.5 Å². The average Bonchev–Trinajstić information content (AvgIpc) is 3.01. The second-order valence-corrected chi connectivity index (χ2v) is 7.30. The van der Waals surface area contributed by atoms with Gasteiger partial charge in [-0.05, 0) is 17.7 Å². The number of benzene rings is 1. The molecule has 1 aromatic carbocycles. The molecular weight excluding hydrogens is 330 g/mol. The van der Waals surface area contributed by atoms with Crippen LogP contribution < -0.4 is 10.5 Å². The summed E-state index contributed by atoms with van der Waals surface area (Å²) >= 11 is 0. The van der Waals surface area contributed by atoms with Gasteiger partial charge in [0, 0.05) is 17.2 Å². The van der Waals surface area contributed by atoms with E-state index in [4.69, 9.17) is 19.9 Å². The molecule has 1 aromatic heterocycles. The molecule has 0 amide bonds. The Kier molecular flexibility index (Phi) is 3.15. The molecule has 5 rings (SSSR count). The number of ether oxygens (including phenoxy) is 3. The van der Waals surface area contributed by atoms with E-state index in [0.29, 0.717) is 12.5 Å². The Bertz CT molecular complexity index is 949. The Morgan fingerprint density at radius 1 is 1.15 bits per heavy atom. The van der Waals surface area contributed by atoms with Gasteiger partial charge in [0.1, 0.15) is 12.4 Å². The van der Waals surface area contributed by atoms with Crippen LogP contribution in [0.25, 0.3) is 6.08 Å². The van der Waals surface area contributed by atoms with Crippen molar-refractivity contribution < 1.29 is 14.2 Å². The van der Waals surface area contributed by atoms with Crippen molar-refractivity contribution in [2.75, 3.05) is 19.8 Å². The smallest absolute Gasteiger partial charge is 0.283 e. The lowest BCUT2D eigenvalue weighted by Gasteiger charge is -2.35. The maximum atomic E-state index is 6.01. The minimum atomic E-state index is -0.714. The van der Waals surface area contributed by atoms with Crippen molar-refractivity contribution in [3.63, 3.8) is 0 Å². The van der Waals surface area contributed by atoms with Gasteiger partial charge in [0.15, 0.2) is 5.54 Å². The fourth-order valence-electron chi connectivity index (χ4n) is 3.61. The van der Waals surface area contributed by atoms with Crippen LogP contribution in [0, 0.1) is 5.41 Å². The summed E-state index contributed by atoms with van der Waals surface area (Å²) in [6.07, 6.45) is 6.06. The number of fused-ring (bicyclic) bond motifs is 4. The molecule has 0 saturated carbocycles. The van der Waals surface area contributed by atoms with E-state index in [1.165, 1.54) is 0 Å². The molecule has 132 valence electrons. The summed E-state index contributed by atoms with van der Waals surface area (Å²) in [6.45, 7) is 4.01. The zero-order valence-corrected chi connectivity index (χ0v) is 14.4. The second-order valence-electron chi connectivity index (χ2n) is 7.30. The standard InChI is InChI=1S/C20H19N3O3/c1-19(10-24-11-19)7-6-13-8-15-17(22-9-13)26-16-5-3-2-4-14(16)20(15)12-25-18(21)23-20/h2-9H,10-12H2,1H3,(H2,21,23)/t20-/m0/s1. The van der Waals surface area contributed by atoms with Crippen LogP contribution in [-0.4, -0.2) is 30.8 Å². The van der Waals surface area contributed by atoms with Crippen molar-refractivity contribution in [2.24, 2.45) is 16.1 Å². The predicted octanol–water partition coefficient (Wildman–Crippen LogP) is 2.83. The number of nitrogens with zero attached hydrogens (tertiary/aromatic N) is 2. The van der Waals surface area contributed by atoms with Crippen LogP contribution in [0.4, 0.5) is 0 Å². The highest BCUT2D eigenvalue weighted by atomic mass is 16.5. The van der Waals surface area contributed by atoms with Crippen LogP contribution in [0.5, 0.6) is 11.6 Å². The Hall–Kier alpha value is -2.86. The van der Waals surface area contributed by atoms with Crippen LogP contribution in [0.2, 0.25) is 0 Å². The average molecular weight is 349 g/mol. The number of para-hydroxylation sites is 1. The first-order valence-electron chi connectivity index (χ1n) is 8.61. The van der Waals surface area contributed by atoms with Crippen LogP contribution in [0.1, 0.15) is 23.6 Å². The molecule has 1 atom stereocenters. The van der Waals surface area contributed by atoms with Gasteiger partial charge in [0.2, 0.25) is 5.88 Å². The first-order chi connectivity index (χ1) is 12.6. The molecule has 0 aliphatic carbocycles. The number of aromatic nitrogens is 1. The Balaban J connectivity index is 1.62. The molecule has 4 heterocycles. The molecule has 0 bridgehead atoms. The monoisotopic (exact) mass is 349 g/mol. The largest absolute Gasteiger partial charge is 0.462 e. The first kappa shape index (κ1) is 15.4. The summed E-state index contributed by atoms with van der Waals surface area (Å²) in [5.74, 6) is 1.28. The molecule has 6 heteroatoms. The van der Waals surface area contributed by atoms with Crippen molar-refractivity contribution in [1.29, 1.82) is 0 Å². The molecule has 1 fully saturated rings. The maximum Gasteiger partial charge on any atom is 0.283 e. The van der Waals surface area contributed by atoms with E-state index in [2.05, 4.69) is 35.1 Å². The third-order valence-corrected chi connectivity index (χ3v) is 5.13. The molecule has 0 unspecified atom stereocenters. The number of amidine groups is 1. The highest BCUT2D eigenvalue weighted by Gasteiger charge is 2.47. The summed E-state index contributed by atoms with van der Waals surface area (Å²) in [5, 5.41) is 0. The predicted molar refractivity (Wildman–Crippen MR) is 97.1 cm³/mol. The molecule has 2 aromatic rings.